The second kappa shape index (κ2) is 5.61. The van der Waals surface area contributed by atoms with Gasteiger partial charge in [0.2, 0.25) is 0 Å². The number of amides is 1. The molecule has 0 aliphatic heterocycles. The zero-order valence-electron chi connectivity index (χ0n) is 9.67. The predicted octanol–water partition coefficient (Wildman–Crippen LogP) is 1.96. The average Bonchev–Trinajstić information content (AvgIpc) is 2.28. The Morgan fingerprint density at radius 3 is 2.61 bits per heavy atom. The molecule has 0 fully saturated rings. The highest BCUT2D eigenvalue weighted by Crippen LogP contribution is 2.25. The van der Waals surface area contributed by atoms with Crippen molar-refractivity contribution in [1.82, 2.24) is 5.32 Å². The molecule has 0 aliphatic rings. The van der Waals surface area contributed by atoms with Crippen LogP contribution in [0.1, 0.15) is 16.8 Å². The quantitative estimate of drug-likeness (QED) is 0.815. The smallest absolute Gasteiger partial charge is 0.392 e. The van der Waals surface area contributed by atoms with E-state index in [2.05, 4.69) is 5.32 Å². The van der Waals surface area contributed by atoms with E-state index >= 15 is 0 Å². The second-order valence-corrected chi connectivity index (χ2v) is 3.55. The van der Waals surface area contributed by atoms with Crippen molar-refractivity contribution in [1.29, 1.82) is 0 Å². The van der Waals surface area contributed by atoms with E-state index in [0.717, 1.165) is 0 Å². The van der Waals surface area contributed by atoms with E-state index in [4.69, 9.17) is 10.5 Å². The molecule has 0 aliphatic carbocycles. The minimum absolute atomic E-state index is 0.123. The minimum atomic E-state index is -4.27. The molecule has 3 N–H and O–H groups in total. The first kappa shape index (κ1) is 14.1. The van der Waals surface area contributed by atoms with Crippen LogP contribution in [0.2, 0.25) is 0 Å². The normalized spacial score (nSPS) is 11.1. The second-order valence-electron chi connectivity index (χ2n) is 3.55. The summed E-state index contributed by atoms with van der Waals surface area (Å²) in [6.07, 6.45) is -5.32. The molecule has 0 aromatic heterocycles. The highest BCUT2D eigenvalue weighted by molar-refractivity contribution is 5.95. The fourth-order valence-corrected chi connectivity index (χ4v) is 1.24. The first-order valence-corrected chi connectivity index (χ1v) is 5.14. The monoisotopic (exact) mass is 262 g/mol. The van der Waals surface area contributed by atoms with Gasteiger partial charge in [-0.2, -0.15) is 13.2 Å². The van der Waals surface area contributed by atoms with Crippen molar-refractivity contribution in [2.45, 2.75) is 12.6 Å². The van der Waals surface area contributed by atoms with Gasteiger partial charge in [-0.05, 0) is 18.2 Å². The lowest BCUT2D eigenvalue weighted by atomic mass is 10.2. The number of ether oxygens (including phenoxy) is 1. The molecule has 1 aromatic rings. The number of halogens is 3. The molecule has 0 spiro atoms. The zero-order chi connectivity index (χ0) is 13.8. The van der Waals surface area contributed by atoms with E-state index in [0.29, 0.717) is 5.56 Å². The Morgan fingerprint density at radius 1 is 1.44 bits per heavy atom. The van der Waals surface area contributed by atoms with E-state index in [-0.39, 0.29) is 17.3 Å². The molecule has 1 aromatic carbocycles. The average molecular weight is 262 g/mol. The summed E-state index contributed by atoms with van der Waals surface area (Å²) in [5.41, 5.74) is 6.02. The van der Waals surface area contributed by atoms with Crippen LogP contribution in [0.4, 0.5) is 18.9 Å². The molecule has 0 saturated carbocycles. The molecule has 0 saturated heterocycles. The maximum atomic E-state index is 11.9. The number of hydrogen-bond donors (Lipinski definition) is 2. The Morgan fingerprint density at radius 2 is 2.11 bits per heavy atom. The number of anilines is 1. The molecule has 100 valence electrons. The number of benzene rings is 1. The van der Waals surface area contributed by atoms with Gasteiger partial charge in [0.25, 0.3) is 5.91 Å². The SMILES string of the molecule is CNC(=O)c1ccc(OCCC(F)(F)F)c(N)c1. The summed E-state index contributed by atoms with van der Waals surface area (Å²) in [4.78, 5) is 11.3. The number of carbonyl (C=O) groups excluding carboxylic acids is 1. The van der Waals surface area contributed by atoms with Crippen LogP contribution in [-0.4, -0.2) is 25.7 Å². The van der Waals surface area contributed by atoms with Crippen molar-refractivity contribution in [3.05, 3.63) is 23.8 Å². The van der Waals surface area contributed by atoms with Crippen molar-refractivity contribution < 1.29 is 22.7 Å². The van der Waals surface area contributed by atoms with E-state index in [1.165, 1.54) is 25.2 Å². The molecule has 1 amide bonds. The van der Waals surface area contributed by atoms with Crippen molar-refractivity contribution in [3.63, 3.8) is 0 Å². The van der Waals surface area contributed by atoms with Crippen LogP contribution in [0.15, 0.2) is 18.2 Å². The minimum Gasteiger partial charge on any atom is -0.491 e. The standard InChI is InChI=1S/C11H13F3N2O2/c1-16-10(17)7-2-3-9(8(15)6-7)18-5-4-11(12,13)14/h2-3,6H,4-5,15H2,1H3,(H,16,17). The third-order valence-corrected chi connectivity index (χ3v) is 2.14. The molecule has 0 unspecified atom stereocenters. The summed E-state index contributed by atoms with van der Waals surface area (Å²) < 4.78 is 40.6. The third-order valence-electron chi connectivity index (χ3n) is 2.14. The van der Waals surface area contributed by atoms with Crippen molar-refractivity contribution >= 4 is 11.6 Å². The van der Waals surface area contributed by atoms with Crippen LogP contribution in [0.5, 0.6) is 5.75 Å². The first-order chi connectivity index (χ1) is 8.33. The van der Waals surface area contributed by atoms with Gasteiger partial charge in [-0.25, -0.2) is 0 Å². The Kier molecular flexibility index (Phi) is 4.41. The Balaban J connectivity index is 2.66. The topological polar surface area (TPSA) is 64.3 Å². The van der Waals surface area contributed by atoms with Gasteiger partial charge in [-0.3, -0.25) is 4.79 Å². The van der Waals surface area contributed by atoms with Crippen LogP contribution in [0.25, 0.3) is 0 Å². The fourth-order valence-electron chi connectivity index (χ4n) is 1.24. The summed E-state index contributed by atoms with van der Waals surface area (Å²) in [6.45, 7) is -0.507. The summed E-state index contributed by atoms with van der Waals surface area (Å²) in [7, 11) is 1.46. The molecule has 0 bridgehead atoms. The number of hydrogen-bond acceptors (Lipinski definition) is 3. The van der Waals surface area contributed by atoms with Crippen LogP contribution in [0, 0.1) is 0 Å². The lowest BCUT2D eigenvalue weighted by Crippen LogP contribution is -2.18. The molecule has 1 rings (SSSR count). The number of alkyl halides is 3. The summed E-state index contributed by atoms with van der Waals surface area (Å²) in [5.74, 6) is -0.199. The lowest BCUT2D eigenvalue weighted by Gasteiger charge is -2.11. The highest BCUT2D eigenvalue weighted by Gasteiger charge is 2.26. The van der Waals surface area contributed by atoms with E-state index in [1.54, 1.807) is 0 Å². The highest BCUT2D eigenvalue weighted by atomic mass is 19.4. The lowest BCUT2D eigenvalue weighted by molar-refractivity contribution is -0.139. The summed E-state index contributed by atoms with van der Waals surface area (Å²) in [5, 5.41) is 2.41. The number of carbonyl (C=O) groups is 1. The molecule has 18 heavy (non-hydrogen) atoms. The molecular weight excluding hydrogens is 249 g/mol. The number of rotatable bonds is 4. The van der Waals surface area contributed by atoms with Crippen molar-refractivity contribution in [3.8, 4) is 5.75 Å². The largest absolute Gasteiger partial charge is 0.491 e. The zero-order valence-corrected chi connectivity index (χ0v) is 9.67. The Bertz CT molecular complexity index is 433. The van der Waals surface area contributed by atoms with Gasteiger partial charge in [-0.1, -0.05) is 0 Å². The van der Waals surface area contributed by atoms with Crippen LogP contribution in [0.3, 0.4) is 0 Å². The van der Waals surface area contributed by atoms with Gasteiger partial charge in [0.1, 0.15) is 5.75 Å². The van der Waals surface area contributed by atoms with Crippen LogP contribution >= 0.6 is 0 Å². The maximum absolute atomic E-state index is 11.9. The third kappa shape index (κ3) is 4.15. The van der Waals surface area contributed by atoms with Crippen LogP contribution < -0.4 is 15.8 Å². The number of nitrogens with two attached hydrogens (primary N) is 1. The van der Waals surface area contributed by atoms with E-state index in [9.17, 15) is 18.0 Å². The van der Waals surface area contributed by atoms with E-state index < -0.39 is 19.2 Å². The number of nitrogen functional groups attached to an aromatic ring is 1. The predicted molar refractivity (Wildman–Crippen MR) is 60.4 cm³/mol. The molecule has 0 atom stereocenters. The van der Waals surface area contributed by atoms with Crippen LogP contribution in [-0.2, 0) is 0 Å². The molecule has 0 radical (unpaired) electrons. The van der Waals surface area contributed by atoms with Gasteiger partial charge in [-0.15, -0.1) is 0 Å². The maximum Gasteiger partial charge on any atom is 0.392 e. The molecule has 0 heterocycles. The summed E-state index contributed by atoms with van der Waals surface area (Å²) in [6, 6.07) is 4.15. The molecule has 7 heteroatoms. The Hall–Kier alpha value is -1.92. The van der Waals surface area contributed by atoms with Gasteiger partial charge in [0.15, 0.2) is 0 Å². The first-order valence-electron chi connectivity index (χ1n) is 5.14. The fraction of sp³-hybridized carbons (Fsp3) is 0.364. The van der Waals surface area contributed by atoms with Crippen molar-refractivity contribution in [2.24, 2.45) is 0 Å². The van der Waals surface area contributed by atoms with Gasteiger partial charge >= 0.3 is 6.18 Å². The number of nitrogens with one attached hydrogen (secondary N) is 1. The molecule has 4 nitrogen and oxygen atoms in total. The molecular formula is C11H13F3N2O2. The van der Waals surface area contributed by atoms with Crippen molar-refractivity contribution in [2.75, 3.05) is 19.4 Å². The summed E-state index contributed by atoms with van der Waals surface area (Å²) >= 11 is 0. The van der Waals surface area contributed by atoms with E-state index in [1.807, 2.05) is 0 Å². The van der Waals surface area contributed by atoms with Gasteiger partial charge in [0, 0.05) is 12.6 Å². The Labute approximate surface area is 102 Å². The van der Waals surface area contributed by atoms with Gasteiger partial charge in [0.05, 0.1) is 18.7 Å². The van der Waals surface area contributed by atoms with Gasteiger partial charge < -0.3 is 15.8 Å².